The summed E-state index contributed by atoms with van der Waals surface area (Å²) in [6.45, 7) is 3.49. The Kier molecular flexibility index (Phi) is 6.48. The second-order valence-electron chi connectivity index (χ2n) is 6.52. The Bertz CT molecular complexity index is 1130. The van der Waals surface area contributed by atoms with E-state index >= 15 is 0 Å². The van der Waals surface area contributed by atoms with E-state index in [1.807, 2.05) is 19.1 Å². The molecule has 30 heavy (non-hydrogen) atoms. The monoisotopic (exact) mass is 444 g/mol. The van der Waals surface area contributed by atoms with E-state index in [0.717, 1.165) is 5.56 Å². The summed E-state index contributed by atoms with van der Waals surface area (Å²) >= 11 is 1.17. The first kappa shape index (κ1) is 21.5. The maximum absolute atomic E-state index is 12.4. The molecular weight excluding hydrogens is 424 g/mol. The van der Waals surface area contributed by atoms with Gasteiger partial charge in [0.15, 0.2) is 5.13 Å². The molecule has 3 rings (SSSR count). The molecule has 2 aromatic carbocycles. The first-order valence-corrected chi connectivity index (χ1v) is 11.3. The fourth-order valence-corrected chi connectivity index (χ4v) is 4.25. The lowest BCUT2D eigenvalue weighted by atomic mass is 10.1. The molecule has 0 spiro atoms. The van der Waals surface area contributed by atoms with Crippen molar-refractivity contribution in [1.82, 2.24) is 10.3 Å². The van der Waals surface area contributed by atoms with Crippen LogP contribution in [0.25, 0.3) is 0 Å². The Morgan fingerprint density at radius 1 is 1.03 bits per heavy atom. The number of thiazole rings is 1. The fourth-order valence-electron chi connectivity index (χ4n) is 2.47. The van der Waals surface area contributed by atoms with E-state index in [9.17, 15) is 18.0 Å². The average Bonchev–Trinajstić information content (AvgIpc) is 3.21. The SMILES string of the molecule is Cc1ccc(C(=O)NC(C)C(=O)Nc2ccc(S(=O)(=O)Nc3nccs3)cc2)cc1. The molecule has 1 aromatic heterocycles. The Labute approximate surface area is 178 Å². The van der Waals surface area contributed by atoms with Gasteiger partial charge in [-0.1, -0.05) is 17.7 Å². The lowest BCUT2D eigenvalue weighted by Gasteiger charge is -2.14. The van der Waals surface area contributed by atoms with Gasteiger partial charge in [0.2, 0.25) is 5.91 Å². The number of carbonyl (C=O) groups is 2. The summed E-state index contributed by atoms with van der Waals surface area (Å²) in [6.07, 6.45) is 1.50. The topological polar surface area (TPSA) is 117 Å². The van der Waals surface area contributed by atoms with Gasteiger partial charge in [-0.3, -0.25) is 14.3 Å². The molecule has 0 fully saturated rings. The zero-order chi connectivity index (χ0) is 21.7. The quantitative estimate of drug-likeness (QED) is 0.518. The van der Waals surface area contributed by atoms with Gasteiger partial charge < -0.3 is 10.6 Å². The van der Waals surface area contributed by atoms with E-state index in [0.29, 0.717) is 11.3 Å². The number of aromatic nitrogens is 1. The van der Waals surface area contributed by atoms with Crippen LogP contribution >= 0.6 is 11.3 Å². The third kappa shape index (κ3) is 5.43. The molecule has 0 aliphatic carbocycles. The predicted molar refractivity (Wildman–Crippen MR) is 116 cm³/mol. The van der Waals surface area contributed by atoms with Gasteiger partial charge in [0.05, 0.1) is 4.90 Å². The number of aryl methyl sites for hydroxylation is 1. The van der Waals surface area contributed by atoms with Gasteiger partial charge in [-0.2, -0.15) is 0 Å². The summed E-state index contributed by atoms with van der Waals surface area (Å²) in [5.74, 6) is -0.778. The standard InChI is InChI=1S/C20H20N4O4S2/c1-13-3-5-15(6-4-13)19(26)22-14(2)18(25)23-16-7-9-17(10-8-16)30(27,28)24-20-21-11-12-29-20/h3-12,14H,1-2H3,(H,21,24)(H,22,26)(H,23,25). The average molecular weight is 445 g/mol. The third-order valence-corrected chi connectivity index (χ3v) is 6.31. The van der Waals surface area contributed by atoms with Crippen LogP contribution in [0.15, 0.2) is 65.0 Å². The van der Waals surface area contributed by atoms with Crippen molar-refractivity contribution in [3.05, 3.63) is 71.2 Å². The van der Waals surface area contributed by atoms with E-state index in [4.69, 9.17) is 0 Å². The van der Waals surface area contributed by atoms with E-state index < -0.39 is 22.0 Å². The Balaban J connectivity index is 1.59. The van der Waals surface area contributed by atoms with Crippen molar-refractivity contribution in [1.29, 1.82) is 0 Å². The van der Waals surface area contributed by atoms with Crippen LogP contribution in [0, 0.1) is 6.92 Å². The molecule has 2 amide bonds. The van der Waals surface area contributed by atoms with Gasteiger partial charge in [-0.25, -0.2) is 13.4 Å². The highest BCUT2D eigenvalue weighted by molar-refractivity contribution is 7.93. The number of benzene rings is 2. The summed E-state index contributed by atoms with van der Waals surface area (Å²) in [5.41, 5.74) is 1.90. The second-order valence-corrected chi connectivity index (χ2v) is 9.09. The van der Waals surface area contributed by atoms with Gasteiger partial charge in [0.25, 0.3) is 15.9 Å². The molecule has 8 nitrogen and oxygen atoms in total. The van der Waals surface area contributed by atoms with Gasteiger partial charge in [0, 0.05) is 22.8 Å². The zero-order valence-corrected chi connectivity index (χ0v) is 17.9. The van der Waals surface area contributed by atoms with Gasteiger partial charge >= 0.3 is 0 Å². The van der Waals surface area contributed by atoms with Crippen LogP contribution in [0.4, 0.5) is 10.8 Å². The summed E-state index contributed by atoms with van der Waals surface area (Å²) in [4.78, 5) is 28.5. The largest absolute Gasteiger partial charge is 0.341 e. The van der Waals surface area contributed by atoms with Crippen molar-refractivity contribution in [2.75, 3.05) is 10.0 Å². The van der Waals surface area contributed by atoms with Crippen LogP contribution < -0.4 is 15.4 Å². The van der Waals surface area contributed by atoms with Gasteiger partial charge in [-0.05, 0) is 50.2 Å². The van der Waals surface area contributed by atoms with E-state index in [-0.39, 0.29) is 15.9 Å². The number of sulfonamides is 1. The molecule has 3 aromatic rings. The van der Waals surface area contributed by atoms with E-state index in [1.165, 1.54) is 41.8 Å². The molecule has 0 saturated carbocycles. The molecule has 0 aliphatic rings. The van der Waals surface area contributed by atoms with E-state index in [2.05, 4.69) is 20.3 Å². The minimum Gasteiger partial charge on any atom is -0.341 e. The molecule has 156 valence electrons. The third-order valence-electron chi connectivity index (χ3n) is 4.14. The summed E-state index contributed by atoms with van der Waals surface area (Å²) in [7, 11) is -3.77. The summed E-state index contributed by atoms with van der Waals surface area (Å²) in [5, 5.41) is 7.22. The van der Waals surface area contributed by atoms with Crippen LogP contribution in [-0.4, -0.2) is 31.3 Å². The highest BCUT2D eigenvalue weighted by atomic mass is 32.2. The Morgan fingerprint density at radius 3 is 2.30 bits per heavy atom. The highest BCUT2D eigenvalue weighted by Gasteiger charge is 2.18. The van der Waals surface area contributed by atoms with Crippen LogP contribution in [0.3, 0.4) is 0 Å². The van der Waals surface area contributed by atoms with Crippen LogP contribution in [0.1, 0.15) is 22.8 Å². The number of hydrogen-bond donors (Lipinski definition) is 3. The number of hydrogen-bond acceptors (Lipinski definition) is 6. The number of carbonyl (C=O) groups excluding carboxylic acids is 2. The Hall–Kier alpha value is -3.24. The van der Waals surface area contributed by atoms with Crippen molar-refractivity contribution in [2.45, 2.75) is 24.8 Å². The second kappa shape index (κ2) is 9.06. The highest BCUT2D eigenvalue weighted by Crippen LogP contribution is 2.19. The van der Waals surface area contributed by atoms with Crippen LogP contribution in [0.5, 0.6) is 0 Å². The van der Waals surface area contributed by atoms with Crippen LogP contribution in [0.2, 0.25) is 0 Å². The molecule has 1 atom stereocenters. The lowest BCUT2D eigenvalue weighted by molar-refractivity contribution is -0.117. The lowest BCUT2D eigenvalue weighted by Crippen LogP contribution is -2.41. The predicted octanol–water partition coefficient (Wildman–Crippen LogP) is 3.01. The molecule has 1 unspecified atom stereocenters. The maximum Gasteiger partial charge on any atom is 0.263 e. The minimum atomic E-state index is -3.77. The molecule has 10 heteroatoms. The van der Waals surface area contributed by atoms with Crippen molar-refractivity contribution in [2.24, 2.45) is 0 Å². The number of anilines is 2. The van der Waals surface area contributed by atoms with Crippen molar-refractivity contribution in [3.8, 4) is 0 Å². The zero-order valence-electron chi connectivity index (χ0n) is 16.2. The number of nitrogens with one attached hydrogen (secondary N) is 3. The number of amides is 2. The molecule has 0 radical (unpaired) electrons. The Morgan fingerprint density at radius 2 is 1.70 bits per heavy atom. The van der Waals surface area contributed by atoms with Crippen LogP contribution in [-0.2, 0) is 14.8 Å². The normalized spacial score (nSPS) is 12.1. The number of rotatable bonds is 7. The van der Waals surface area contributed by atoms with Crippen molar-refractivity contribution in [3.63, 3.8) is 0 Å². The first-order valence-electron chi connectivity index (χ1n) is 8.95. The first-order chi connectivity index (χ1) is 14.2. The molecule has 0 bridgehead atoms. The van der Waals surface area contributed by atoms with Gasteiger partial charge in [-0.15, -0.1) is 11.3 Å². The maximum atomic E-state index is 12.4. The van der Waals surface area contributed by atoms with Crippen molar-refractivity contribution >= 4 is 44.0 Å². The fraction of sp³-hybridized carbons (Fsp3) is 0.150. The minimum absolute atomic E-state index is 0.0384. The summed E-state index contributed by atoms with van der Waals surface area (Å²) in [6, 6.07) is 11.9. The summed E-state index contributed by atoms with van der Waals surface area (Å²) < 4.78 is 27.1. The number of nitrogens with zero attached hydrogens (tertiary/aromatic N) is 1. The smallest absolute Gasteiger partial charge is 0.263 e. The van der Waals surface area contributed by atoms with Gasteiger partial charge in [0.1, 0.15) is 6.04 Å². The molecule has 1 heterocycles. The molecule has 0 aliphatic heterocycles. The van der Waals surface area contributed by atoms with E-state index in [1.54, 1.807) is 24.4 Å². The molecule has 3 N–H and O–H groups in total. The molecular formula is C20H20N4O4S2. The molecule has 0 saturated heterocycles. The van der Waals surface area contributed by atoms with Crippen molar-refractivity contribution < 1.29 is 18.0 Å².